The second-order valence-electron chi connectivity index (χ2n) is 7.99. The van der Waals surface area contributed by atoms with E-state index in [9.17, 15) is 4.79 Å². The first kappa shape index (κ1) is 18.8. The van der Waals surface area contributed by atoms with Gasteiger partial charge in [0.2, 0.25) is 11.7 Å². The van der Waals surface area contributed by atoms with Gasteiger partial charge in [-0.3, -0.25) is 4.79 Å². The molecule has 2 aromatic heterocycles. The molecular weight excluding hydrogens is 378 g/mol. The normalized spacial score (nSPS) is 17.5. The van der Waals surface area contributed by atoms with Gasteiger partial charge in [-0.1, -0.05) is 36.2 Å². The Morgan fingerprint density at radius 1 is 0.967 bits per heavy atom. The zero-order valence-electron chi connectivity index (χ0n) is 16.9. The Morgan fingerprint density at radius 2 is 1.73 bits per heavy atom. The maximum absolute atomic E-state index is 12.6. The number of rotatable bonds is 4. The number of piperazine rings is 1. The van der Waals surface area contributed by atoms with E-state index in [1.54, 1.807) is 6.20 Å². The van der Waals surface area contributed by atoms with Crippen molar-refractivity contribution in [2.24, 2.45) is 0 Å². The van der Waals surface area contributed by atoms with E-state index >= 15 is 0 Å². The fraction of sp³-hybridized carbons (Fsp3) is 0.391. The Bertz CT molecular complexity index is 988. The van der Waals surface area contributed by atoms with Crippen molar-refractivity contribution in [3.63, 3.8) is 0 Å². The largest absolute Gasteiger partial charge is 0.353 e. The highest BCUT2D eigenvalue weighted by Gasteiger charge is 2.24. The summed E-state index contributed by atoms with van der Waals surface area (Å²) in [7, 11) is 0. The van der Waals surface area contributed by atoms with Crippen LogP contribution in [0.5, 0.6) is 0 Å². The minimum absolute atomic E-state index is 0.0914. The molecule has 2 fully saturated rings. The summed E-state index contributed by atoms with van der Waals surface area (Å²) < 4.78 is 5.48. The van der Waals surface area contributed by atoms with E-state index in [1.165, 1.54) is 12.8 Å². The van der Waals surface area contributed by atoms with E-state index < -0.39 is 0 Å². The van der Waals surface area contributed by atoms with Crippen LogP contribution in [0.3, 0.4) is 0 Å². The van der Waals surface area contributed by atoms with Crippen LogP contribution in [0.4, 0.5) is 5.82 Å². The predicted molar refractivity (Wildman–Crippen MR) is 113 cm³/mol. The molecule has 1 aromatic carbocycles. The van der Waals surface area contributed by atoms with E-state index in [1.807, 2.05) is 47.4 Å². The molecule has 1 aliphatic heterocycles. The van der Waals surface area contributed by atoms with Gasteiger partial charge in [-0.2, -0.15) is 4.98 Å². The molecule has 1 saturated carbocycles. The zero-order valence-corrected chi connectivity index (χ0v) is 16.9. The van der Waals surface area contributed by atoms with E-state index in [-0.39, 0.29) is 5.91 Å². The molecule has 3 aromatic rings. The number of benzene rings is 1. The third-order valence-corrected chi connectivity index (χ3v) is 6.06. The van der Waals surface area contributed by atoms with Crippen molar-refractivity contribution < 1.29 is 9.32 Å². The number of hydrogen-bond acceptors (Lipinski definition) is 6. The standard InChI is InChI=1S/C23H25N5O2/c29-23(18-8-2-1-3-9-18)28-14-12-27(13-15-28)20-11-10-19(16-24-20)21-25-22(30-26-21)17-6-4-5-7-17/h1-3,8-11,16-17H,4-7,12-15H2. The van der Waals surface area contributed by atoms with Gasteiger partial charge in [-0.05, 0) is 37.1 Å². The van der Waals surface area contributed by atoms with Crippen LogP contribution in [0.15, 0.2) is 53.2 Å². The molecular formula is C23H25N5O2. The van der Waals surface area contributed by atoms with Crippen LogP contribution in [0.2, 0.25) is 0 Å². The molecule has 0 bridgehead atoms. The molecule has 0 unspecified atom stereocenters. The number of nitrogens with zero attached hydrogens (tertiary/aromatic N) is 5. The Labute approximate surface area is 175 Å². The van der Waals surface area contributed by atoms with Crippen LogP contribution >= 0.6 is 0 Å². The maximum atomic E-state index is 12.6. The summed E-state index contributed by atoms with van der Waals surface area (Å²) in [6, 6.07) is 13.4. The molecule has 7 nitrogen and oxygen atoms in total. The minimum atomic E-state index is 0.0914. The van der Waals surface area contributed by atoms with E-state index in [0.717, 1.165) is 48.8 Å². The van der Waals surface area contributed by atoms with Crippen molar-refractivity contribution in [2.75, 3.05) is 31.1 Å². The van der Waals surface area contributed by atoms with Gasteiger partial charge in [0, 0.05) is 49.4 Å². The Kier molecular flexibility index (Phi) is 5.17. The van der Waals surface area contributed by atoms with Gasteiger partial charge in [-0.15, -0.1) is 0 Å². The van der Waals surface area contributed by atoms with Crippen LogP contribution in [-0.4, -0.2) is 52.1 Å². The van der Waals surface area contributed by atoms with Crippen LogP contribution < -0.4 is 4.90 Å². The number of carbonyl (C=O) groups excluding carboxylic acids is 1. The van der Waals surface area contributed by atoms with Gasteiger partial charge in [0.05, 0.1) is 0 Å². The van der Waals surface area contributed by atoms with E-state index in [0.29, 0.717) is 24.8 Å². The minimum Gasteiger partial charge on any atom is -0.353 e. The molecule has 30 heavy (non-hydrogen) atoms. The molecule has 5 rings (SSSR count). The SMILES string of the molecule is O=C(c1ccccc1)N1CCN(c2ccc(-c3noc(C4CCCC4)n3)cn2)CC1. The Balaban J connectivity index is 1.21. The summed E-state index contributed by atoms with van der Waals surface area (Å²) in [5.74, 6) is 2.77. The average Bonchev–Trinajstić information content (AvgIpc) is 3.52. The molecule has 0 spiro atoms. The van der Waals surface area contributed by atoms with Gasteiger partial charge < -0.3 is 14.3 Å². The van der Waals surface area contributed by atoms with Crippen LogP contribution in [0, 0.1) is 0 Å². The van der Waals surface area contributed by atoms with Crippen LogP contribution in [-0.2, 0) is 0 Å². The van der Waals surface area contributed by atoms with Gasteiger partial charge in [0.25, 0.3) is 5.91 Å². The fourth-order valence-corrected chi connectivity index (χ4v) is 4.30. The summed E-state index contributed by atoms with van der Waals surface area (Å²) in [6.07, 6.45) is 6.56. The number of hydrogen-bond donors (Lipinski definition) is 0. The number of carbonyl (C=O) groups is 1. The van der Waals surface area contributed by atoms with Gasteiger partial charge >= 0.3 is 0 Å². The van der Waals surface area contributed by atoms with E-state index in [4.69, 9.17) is 4.52 Å². The topological polar surface area (TPSA) is 75.4 Å². The maximum Gasteiger partial charge on any atom is 0.253 e. The number of pyridine rings is 1. The summed E-state index contributed by atoms with van der Waals surface area (Å²) >= 11 is 0. The van der Waals surface area contributed by atoms with Crippen molar-refractivity contribution >= 4 is 11.7 Å². The highest BCUT2D eigenvalue weighted by atomic mass is 16.5. The Morgan fingerprint density at radius 3 is 2.43 bits per heavy atom. The molecule has 1 saturated heterocycles. The molecule has 2 aliphatic rings. The molecule has 0 N–H and O–H groups in total. The summed E-state index contributed by atoms with van der Waals surface area (Å²) in [6.45, 7) is 2.90. The van der Waals surface area contributed by atoms with Crippen molar-refractivity contribution in [1.29, 1.82) is 0 Å². The average molecular weight is 403 g/mol. The predicted octanol–water partition coefficient (Wildman–Crippen LogP) is 3.75. The molecule has 0 atom stereocenters. The summed E-state index contributed by atoms with van der Waals surface area (Å²) in [5.41, 5.74) is 1.61. The first-order chi connectivity index (χ1) is 14.8. The smallest absolute Gasteiger partial charge is 0.253 e. The highest BCUT2D eigenvalue weighted by molar-refractivity contribution is 5.94. The summed E-state index contributed by atoms with van der Waals surface area (Å²) in [5, 5.41) is 4.15. The van der Waals surface area contributed by atoms with Crippen molar-refractivity contribution in [3.05, 3.63) is 60.1 Å². The first-order valence-electron chi connectivity index (χ1n) is 10.7. The van der Waals surface area contributed by atoms with Gasteiger partial charge in [-0.25, -0.2) is 4.98 Å². The van der Waals surface area contributed by atoms with Crippen molar-refractivity contribution in [2.45, 2.75) is 31.6 Å². The third-order valence-electron chi connectivity index (χ3n) is 6.06. The van der Waals surface area contributed by atoms with Crippen molar-refractivity contribution in [3.8, 4) is 11.4 Å². The quantitative estimate of drug-likeness (QED) is 0.660. The van der Waals surface area contributed by atoms with E-state index in [2.05, 4.69) is 20.0 Å². The lowest BCUT2D eigenvalue weighted by molar-refractivity contribution is 0.0746. The lowest BCUT2D eigenvalue weighted by Gasteiger charge is -2.35. The Hall–Kier alpha value is -3.22. The lowest BCUT2D eigenvalue weighted by atomic mass is 10.1. The molecule has 154 valence electrons. The molecule has 1 aliphatic carbocycles. The summed E-state index contributed by atoms with van der Waals surface area (Å²) in [4.78, 5) is 25.9. The van der Waals surface area contributed by atoms with Gasteiger partial charge in [0.15, 0.2) is 0 Å². The second-order valence-corrected chi connectivity index (χ2v) is 7.99. The molecule has 3 heterocycles. The number of aromatic nitrogens is 3. The van der Waals surface area contributed by atoms with Gasteiger partial charge in [0.1, 0.15) is 5.82 Å². The van der Waals surface area contributed by atoms with Crippen LogP contribution in [0.1, 0.15) is 47.8 Å². The van der Waals surface area contributed by atoms with Crippen LogP contribution in [0.25, 0.3) is 11.4 Å². The molecule has 7 heteroatoms. The fourth-order valence-electron chi connectivity index (χ4n) is 4.30. The zero-order chi connectivity index (χ0) is 20.3. The lowest BCUT2D eigenvalue weighted by Crippen LogP contribution is -2.49. The monoisotopic (exact) mass is 403 g/mol. The highest BCUT2D eigenvalue weighted by Crippen LogP contribution is 2.33. The van der Waals surface area contributed by atoms with Crippen molar-refractivity contribution in [1.82, 2.24) is 20.0 Å². The number of amides is 1. The number of anilines is 1. The first-order valence-corrected chi connectivity index (χ1v) is 10.7. The molecule has 1 amide bonds. The third kappa shape index (κ3) is 3.79. The second kappa shape index (κ2) is 8.26. The molecule has 0 radical (unpaired) electrons.